The summed E-state index contributed by atoms with van der Waals surface area (Å²) < 4.78 is 5.25. The third-order valence-corrected chi connectivity index (χ3v) is 3.46. The van der Waals surface area contributed by atoms with E-state index < -0.39 is 0 Å². The Bertz CT molecular complexity index is 438. The van der Waals surface area contributed by atoms with Crippen molar-refractivity contribution in [1.29, 1.82) is 0 Å². The molecular weight excluding hydrogens is 256 g/mol. The van der Waals surface area contributed by atoms with Gasteiger partial charge >= 0.3 is 0 Å². The molecule has 0 saturated carbocycles. The molecular formula is C14H22N4O2. The van der Waals surface area contributed by atoms with Gasteiger partial charge in [-0.1, -0.05) is 0 Å². The van der Waals surface area contributed by atoms with Crippen molar-refractivity contribution < 1.29 is 9.53 Å². The average molecular weight is 278 g/mol. The summed E-state index contributed by atoms with van der Waals surface area (Å²) in [6.07, 6.45) is 5.05. The molecule has 1 aromatic heterocycles. The van der Waals surface area contributed by atoms with Crippen LogP contribution in [0.4, 0.5) is 5.82 Å². The van der Waals surface area contributed by atoms with Crippen molar-refractivity contribution in [3.05, 3.63) is 18.6 Å². The number of carbonyl (C=O) groups is 1. The first kappa shape index (κ1) is 14.7. The fourth-order valence-electron chi connectivity index (χ4n) is 2.58. The van der Waals surface area contributed by atoms with Crippen LogP contribution in [-0.2, 0) is 9.53 Å². The van der Waals surface area contributed by atoms with Gasteiger partial charge in [0.25, 0.3) is 0 Å². The zero-order chi connectivity index (χ0) is 14.5. The van der Waals surface area contributed by atoms with Crippen molar-refractivity contribution in [1.82, 2.24) is 15.3 Å². The van der Waals surface area contributed by atoms with Crippen molar-refractivity contribution in [2.24, 2.45) is 11.8 Å². The second-order valence-electron chi connectivity index (χ2n) is 5.45. The number of carbonyl (C=O) groups excluding carboxylic acids is 1. The molecule has 110 valence electrons. The predicted octanol–water partition coefficient (Wildman–Crippen LogP) is 0.700. The van der Waals surface area contributed by atoms with Gasteiger partial charge in [-0.05, 0) is 13.8 Å². The summed E-state index contributed by atoms with van der Waals surface area (Å²) in [6.45, 7) is 5.94. The molecule has 1 fully saturated rings. The highest BCUT2D eigenvalue weighted by Crippen LogP contribution is 2.27. The van der Waals surface area contributed by atoms with Crippen LogP contribution in [0.2, 0.25) is 0 Å². The Kier molecular flexibility index (Phi) is 4.89. The second kappa shape index (κ2) is 6.65. The number of methoxy groups -OCH3 is 1. The quantitative estimate of drug-likeness (QED) is 0.859. The molecule has 1 saturated heterocycles. The van der Waals surface area contributed by atoms with E-state index in [1.807, 2.05) is 13.8 Å². The average Bonchev–Trinajstić information content (AvgIpc) is 2.83. The molecule has 1 aliphatic heterocycles. The second-order valence-corrected chi connectivity index (χ2v) is 5.45. The standard InChI is InChI=1S/C14H22N4O2/c1-10(2)17-14(19)12-8-18(7-11(12)9-20-3)13-6-15-4-5-16-13/h4-6,10-12H,7-9H2,1-3H3,(H,17,19)/t11-,12+/m0/s1. The molecule has 20 heavy (non-hydrogen) atoms. The van der Waals surface area contributed by atoms with E-state index in [1.165, 1.54) is 0 Å². The smallest absolute Gasteiger partial charge is 0.225 e. The van der Waals surface area contributed by atoms with Crippen LogP contribution in [0.3, 0.4) is 0 Å². The highest BCUT2D eigenvalue weighted by Gasteiger charge is 2.38. The molecule has 1 aliphatic rings. The van der Waals surface area contributed by atoms with Gasteiger partial charge in [0.15, 0.2) is 0 Å². The Morgan fingerprint density at radius 2 is 2.30 bits per heavy atom. The van der Waals surface area contributed by atoms with Gasteiger partial charge in [0, 0.05) is 44.6 Å². The molecule has 6 heteroatoms. The van der Waals surface area contributed by atoms with Crippen LogP contribution < -0.4 is 10.2 Å². The Balaban J connectivity index is 2.09. The van der Waals surface area contributed by atoms with Gasteiger partial charge in [-0.15, -0.1) is 0 Å². The molecule has 2 atom stereocenters. The highest BCUT2D eigenvalue weighted by molar-refractivity contribution is 5.80. The van der Waals surface area contributed by atoms with Crippen molar-refractivity contribution in [3.63, 3.8) is 0 Å². The number of ether oxygens (including phenoxy) is 1. The third kappa shape index (κ3) is 3.45. The Labute approximate surface area is 119 Å². The summed E-state index contributed by atoms with van der Waals surface area (Å²) in [5.41, 5.74) is 0. The summed E-state index contributed by atoms with van der Waals surface area (Å²) >= 11 is 0. The Morgan fingerprint density at radius 1 is 1.50 bits per heavy atom. The van der Waals surface area contributed by atoms with Gasteiger partial charge in [0.1, 0.15) is 5.82 Å². The lowest BCUT2D eigenvalue weighted by atomic mass is 9.96. The minimum atomic E-state index is -0.0700. The van der Waals surface area contributed by atoms with Crippen molar-refractivity contribution in [2.75, 3.05) is 31.7 Å². The van der Waals surface area contributed by atoms with E-state index in [1.54, 1.807) is 25.7 Å². The third-order valence-electron chi connectivity index (χ3n) is 3.46. The number of rotatable bonds is 5. The molecule has 0 radical (unpaired) electrons. The number of hydrogen-bond acceptors (Lipinski definition) is 5. The first-order valence-corrected chi connectivity index (χ1v) is 6.92. The van der Waals surface area contributed by atoms with Gasteiger partial charge in [0.2, 0.25) is 5.91 Å². The SMILES string of the molecule is COC[C@@H]1CN(c2cnccn2)C[C@H]1C(=O)NC(C)C. The highest BCUT2D eigenvalue weighted by atomic mass is 16.5. The fourth-order valence-corrected chi connectivity index (χ4v) is 2.58. The molecule has 1 N–H and O–H groups in total. The lowest BCUT2D eigenvalue weighted by Gasteiger charge is -2.18. The van der Waals surface area contributed by atoms with Crippen molar-refractivity contribution in [2.45, 2.75) is 19.9 Å². The Morgan fingerprint density at radius 3 is 2.90 bits per heavy atom. The van der Waals surface area contributed by atoms with Crippen LogP contribution in [0.1, 0.15) is 13.8 Å². The maximum absolute atomic E-state index is 12.3. The summed E-state index contributed by atoms with van der Waals surface area (Å²) in [5, 5.41) is 2.99. The van der Waals surface area contributed by atoms with E-state index in [9.17, 15) is 4.79 Å². The van der Waals surface area contributed by atoms with Crippen molar-refractivity contribution in [3.8, 4) is 0 Å². The van der Waals surface area contributed by atoms with E-state index in [0.29, 0.717) is 13.2 Å². The maximum atomic E-state index is 12.3. The summed E-state index contributed by atoms with van der Waals surface area (Å²) in [6, 6.07) is 0.149. The van der Waals surface area contributed by atoms with Gasteiger partial charge in [-0.25, -0.2) is 4.98 Å². The molecule has 0 spiro atoms. The van der Waals surface area contributed by atoms with Crippen LogP contribution in [-0.4, -0.2) is 48.7 Å². The summed E-state index contributed by atoms with van der Waals surface area (Å²) in [7, 11) is 1.67. The van der Waals surface area contributed by atoms with E-state index in [-0.39, 0.29) is 23.8 Å². The largest absolute Gasteiger partial charge is 0.384 e. The van der Waals surface area contributed by atoms with Gasteiger partial charge in [-0.2, -0.15) is 0 Å². The molecule has 1 amide bonds. The number of nitrogens with one attached hydrogen (secondary N) is 1. The van der Waals surface area contributed by atoms with Gasteiger partial charge in [0.05, 0.1) is 18.7 Å². The van der Waals surface area contributed by atoms with Gasteiger partial charge < -0.3 is 15.0 Å². The van der Waals surface area contributed by atoms with Crippen molar-refractivity contribution >= 4 is 11.7 Å². The maximum Gasteiger partial charge on any atom is 0.225 e. The van der Waals surface area contributed by atoms with Crippen LogP contribution in [0, 0.1) is 11.8 Å². The van der Waals surface area contributed by atoms with Crippen LogP contribution >= 0.6 is 0 Å². The predicted molar refractivity (Wildman–Crippen MR) is 76.4 cm³/mol. The summed E-state index contributed by atoms with van der Waals surface area (Å²) in [5.74, 6) is 1.02. The van der Waals surface area contributed by atoms with E-state index >= 15 is 0 Å². The molecule has 0 aromatic carbocycles. The number of hydrogen-bond donors (Lipinski definition) is 1. The molecule has 2 rings (SSSR count). The minimum Gasteiger partial charge on any atom is -0.384 e. The lowest BCUT2D eigenvalue weighted by Crippen LogP contribution is -2.39. The lowest BCUT2D eigenvalue weighted by molar-refractivity contribution is -0.126. The molecule has 0 aliphatic carbocycles. The van der Waals surface area contributed by atoms with Crippen LogP contribution in [0.25, 0.3) is 0 Å². The minimum absolute atomic E-state index is 0.0700. The molecule has 1 aromatic rings. The van der Waals surface area contributed by atoms with E-state index in [2.05, 4.69) is 20.2 Å². The first-order valence-electron chi connectivity index (χ1n) is 6.92. The molecule has 0 bridgehead atoms. The number of aromatic nitrogens is 2. The zero-order valence-corrected chi connectivity index (χ0v) is 12.2. The molecule has 0 unspecified atom stereocenters. The van der Waals surface area contributed by atoms with Crippen LogP contribution in [0.15, 0.2) is 18.6 Å². The van der Waals surface area contributed by atoms with E-state index in [0.717, 1.165) is 12.4 Å². The van der Waals surface area contributed by atoms with Crippen LogP contribution in [0.5, 0.6) is 0 Å². The topological polar surface area (TPSA) is 67.3 Å². The van der Waals surface area contributed by atoms with E-state index in [4.69, 9.17) is 4.74 Å². The zero-order valence-electron chi connectivity index (χ0n) is 12.2. The first-order chi connectivity index (χ1) is 9.61. The number of amides is 1. The normalized spacial score (nSPS) is 22.3. The number of nitrogens with zero attached hydrogens (tertiary/aromatic N) is 3. The summed E-state index contributed by atoms with van der Waals surface area (Å²) in [4.78, 5) is 22.8. The van der Waals surface area contributed by atoms with Gasteiger partial charge in [-0.3, -0.25) is 9.78 Å². The fraction of sp³-hybridized carbons (Fsp3) is 0.643. The molecule has 6 nitrogen and oxygen atoms in total. The monoisotopic (exact) mass is 278 g/mol. The molecule has 2 heterocycles. The Hall–Kier alpha value is -1.69. The number of anilines is 1.